The maximum Gasteiger partial charge on any atom is 0.187 e. The van der Waals surface area contributed by atoms with Crippen molar-refractivity contribution in [1.82, 2.24) is 10.7 Å². The molecule has 0 aliphatic carbocycles. The van der Waals surface area contributed by atoms with E-state index < -0.39 is 5.97 Å². The predicted molar refractivity (Wildman–Crippen MR) is 74.9 cm³/mol. The van der Waals surface area contributed by atoms with Crippen molar-refractivity contribution in [3.63, 3.8) is 0 Å². The molecule has 0 aromatic carbocycles. The molecule has 0 spiro atoms. The molecule has 0 fully saturated rings. The third-order valence-electron chi connectivity index (χ3n) is 1.91. The van der Waals surface area contributed by atoms with Crippen LogP contribution < -0.4 is 15.8 Å². The van der Waals surface area contributed by atoms with Gasteiger partial charge in [0.2, 0.25) is 0 Å². The van der Waals surface area contributed by atoms with Crippen LogP contribution in [-0.2, 0) is 0 Å². The summed E-state index contributed by atoms with van der Waals surface area (Å²) in [5.41, 5.74) is 3.37. The minimum Gasteiger partial charge on any atom is -0.544 e. The van der Waals surface area contributed by atoms with E-state index in [1.807, 2.05) is 13.8 Å². The van der Waals surface area contributed by atoms with Crippen LogP contribution in [0.3, 0.4) is 0 Å². The Bertz CT molecular complexity index is 480. The van der Waals surface area contributed by atoms with Crippen molar-refractivity contribution in [3.8, 4) is 0 Å². The Morgan fingerprint density at radius 1 is 1.44 bits per heavy atom. The monoisotopic (exact) mass is 284 g/mol. The second-order valence-corrected chi connectivity index (χ2v) is 5.38. The van der Waals surface area contributed by atoms with Gasteiger partial charge in [0, 0.05) is 6.04 Å². The number of hydrogen-bond donors (Lipinski definition) is 2. The largest absolute Gasteiger partial charge is 0.544 e. The maximum atomic E-state index is 10.6. The Labute approximate surface area is 115 Å². The molecule has 2 N–H and O–H groups in total. The second kappa shape index (κ2) is 6.46. The Kier molecular flexibility index (Phi) is 5.24. The van der Waals surface area contributed by atoms with Crippen LogP contribution in [0.15, 0.2) is 17.2 Å². The topological polar surface area (TPSA) is 76.5 Å². The third-order valence-corrected chi connectivity index (χ3v) is 3.29. The average Bonchev–Trinajstić information content (AvgIpc) is 2.74. The normalized spacial score (nSPS) is 11.4. The van der Waals surface area contributed by atoms with Crippen LogP contribution in [0.1, 0.15) is 35.3 Å². The molecular formula is C11H14N3O2S2-. The summed E-state index contributed by atoms with van der Waals surface area (Å²) in [6, 6.07) is 3.42. The number of aromatic carboxylic acids is 1. The van der Waals surface area contributed by atoms with Gasteiger partial charge >= 0.3 is 0 Å². The highest BCUT2D eigenvalue weighted by atomic mass is 32.1. The first-order valence-corrected chi connectivity index (χ1v) is 6.55. The Hall–Kier alpha value is -1.47. The van der Waals surface area contributed by atoms with Gasteiger partial charge < -0.3 is 15.2 Å². The van der Waals surface area contributed by atoms with Crippen molar-refractivity contribution in [1.29, 1.82) is 0 Å². The van der Waals surface area contributed by atoms with E-state index in [-0.39, 0.29) is 10.9 Å². The zero-order valence-corrected chi connectivity index (χ0v) is 11.9. The number of carbonyl (C=O) groups excluding carboxylic acids is 1. The number of hydrogen-bond acceptors (Lipinski definition) is 5. The maximum absolute atomic E-state index is 10.6. The van der Waals surface area contributed by atoms with Gasteiger partial charge in [-0.1, -0.05) is 0 Å². The summed E-state index contributed by atoms with van der Waals surface area (Å²) in [7, 11) is 0. The molecule has 18 heavy (non-hydrogen) atoms. The van der Waals surface area contributed by atoms with Crippen molar-refractivity contribution in [2.75, 3.05) is 0 Å². The number of carbonyl (C=O) groups is 1. The lowest BCUT2D eigenvalue weighted by molar-refractivity contribution is -0.254. The van der Waals surface area contributed by atoms with Crippen molar-refractivity contribution in [2.24, 2.45) is 5.10 Å². The molecule has 0 amide bonds. The molecule has 98 valence electrons. The van der Waals surface area contributed by atoms with E-state index in [4.69, 9.17) is 12.2 Å². The second-order valence-electron chi connectivity index (χ2n) is 3.89. The van der Waals surface area contributed by atoms with Crippen LogP contribution in [0.2, 0.25) is 0 Å². The molecule has 0 radical (unpaired) electrons. The molecule has 0 aliphatic heterocycles. The fourth-order valence-corrected chi connectivity index (χ4v) is 2.19. The van der Waals surface area contributed by atoms with Gasteiger partial charge in [-0.05, 0) is 45.1 Å². The van der Waals surface area contributed by atoms with Crippen LogP contribution >= 0.6 is 23.6 Å². The highest BCUT2D eigenvalue weighted by Crippen LogP contribution is 2.16. The lowest BCUT2D eigenvalue weighted by Gasteiger charge is -2.10. The van der Waals surface area contributed by atoms with E-state index in [1.165, 1.54) is 6.07 Å². The molecule has 1 heterocycles. The lowest BCUT2D eigenvalue weighted by Crippen LogP contribution is -2.37. The average molecular weight is 284 g/mol. The SMILES string of the molecule is C/C(=N/NC(=S)NC(C)C)c1ccc(C(=O)[O-])s1. The first kappa shape index (κ1) is 14.6. The number of carboxylic acid groups (broad SMARTS) is 1. The lowest BCUT2D eigenvalue weighted by atomic mass is 10.3. The van der Waals surface area contributed by atoms with Crippen molar-refractivity contribution >= 4 is 40.3 Å². The summed E-state index contributed by atoms with van der Waals surface area (Å²) < 4.78 is 0. The van der Waals surface area contributed by atoms with Gasteiger partial charge in [0.05, 0.1) is 21.4 Å². The summed E-state index contributed by atoms with van der Waals surface area (Å²) >= 11 is 6.13. The number of carboxylic acids is 1. The fourth-order valence-electron chi connectivity index (χ4n) is 1.13. The molecule has 5 nitrogen and oxygen atoms in total. The Morgan fingerprint density at radius 2 is 2.06 bits per heavy atom. The van der Waals surface area contributed by atoms with Crippen LogP contribution in [0.5, 0.6) is 0 Å². The number of nitrogens with zero attached hydrogens (tertiary/aromatic N) is 1. The van der Waals surface area contributed by atoms with E-state index in [0.29, 0.717) is 10.8 Å². The molecule has 0 saturated heterocycles. The van der Waals surface area contributed by atoms with E-state index >= 15 is 0 Å². The number of rotatable bonds is 4. The van der Waals surface area contributed by atoms with Gasteiger partial charge in [0.1, 0.15) is 0 Å². The molecule has 1 rings (SSSR count). The number of nitrogens with one attached hydrogen (secondary N) is 2. The van der Waals surface area contributed by atoms with Crippen LogP contribution in [0.25, 0.3) is 0 Å². The first-order valence-electron chi connectivity index (χ1n) is 5.32. The molecule has 0 atom stereocenters. The van der Waals surface area contributed by atoms with Gasteiger partial charge in [0.25, 0.3) is 0 Å². The smallest absolute Gasteiger partial charge is 0.187 e. The number of thiophene rings is 1. The molecule has 1 aromatic rings. The first-order chi connectivity index (χ1) is 8.40. The van der Waals surface area contributed by atoms with Gasteiger partial charge in [-0.15, -0.1) is 11.3 Å². The minimum absolute atomic E-state index is 0.183. The molecule has 7 heteroatoms. The Balaban J connectivity index is 2.65. The van der Waals surface area contributed by atoms with Gasteiger partial charge in [-0.2, -0.15) is 5.10 Å². The van der Waals surface area contributed by atoms with E-state index in [1.54, 1.807) is 13.0 Å². The molecular weight excluding hydrogens is 270 g/mol. The van der Waals surface area contributed by atoms with E-state index in [2.05, 4.69) is 15.8 Å². The zero-order chi connectivity index (χ0) is 13.7. The number of thiocarbonyl (C=S) groups is 1. The fraction of sp³-hybridized carbons (Fsp3) is 0.364. The summed E-state index contributed by atoms with van der Waals surface area (Å²) in [6.07, 6.45) is 0. The quantitative estimate of drug-likeness (QED) is 0.484. The van der Waals surface area contributed by atoms with Crippen LogP contribution in [0.4, 0.5) is 0 Å². The summed E-state index contributed by atoms with van der Waals surface area (Å²) in [6.45, 7) is 5.71. The van der Waals surface area contributed by atoms with Crippen molar-refractivity contribution < 1.29 is 9.90 Å². The summed E-state index contributed by atoms with van der Waals surface area (Å²) in [4.78, 5) is 11.6. The number of hydrazone groups is 1. The van der Waals surface area contributed by atoms with Crippen molar-refractivity contribution in [3.05, 3.63) is 21.9 Å². The van der Waals surface area contributed by atoms with Crippen LogP contribution in [-0.4, -0.2) is 22.8 Å². The van der Waals surface area contributed by atoms with E-state index in [9.17, 15) is 9.90 Å². The van der Waals surface area contributed by atoms with Crippen LogP contribution in [0, 0.1) is 0 Å². The van der Waals surface area contributed by atoms with Gasteiger partial charge in [-0.25, -0.2) is 0 Å². The Morgan fingerprint density at radius 3 is 2.56 bits per heavy atom. The highest BCUT2D eigenvalue weighted by molar-refractivity contribution is 7.80. The molecule has 1 aromatic heterocycles. The highest BCUT2D eigenvalue weighted by Gasteiger charge is 2.04. The minimum atomic E-state index is -1.18. The molecule has 0 unspecified atom stereocenters. The summed E-state index contributed by atoms with van der Waals surface area (Å²) in [5, 5.41) is 18.1. The van der Waals surface area contributed by atoms with Crippen molar-refractivity contribution in [2.45, 2.75) is 26.8 Å². The third kappa shape index (κ3) is 4.42. The van der Waals surface area contributed by atoms with Gasteiger partial charge in [0.15, 0.2) is 5.11 Å². The summed E-state index contributed by atoms with van der Waals surface area (Å²) in [5.74, 6) is -1.18. The molecule has 0 aliphatic rings. The molecule has 0 saturated carbocycles. The standard InChI is InChI=1S/C11H15N3O2S2/c1-6(2)12-11(17)14-13-7(3)8-4-5-9(18-8)10(15)16/h4-6H,1-3H3,(H,15,16)(H2,12,14,17)/p-1/b13-7-. The molecule has 0 bridgehead atoms. The van der Waals surface area contributed by atoms with E-state index in [0.717, 1.165) is 16.2 Å². The predicted octanol–water partition coefficient (Wildman–Crippen LogP) is 0.708. The van der Waals surface area contributed by atoms with Gasteiger partial charge in [-0.3, -0.25) is 5.43 Å². The zero-order valence-electron chi connectivity index (χ0n) is 10.3.